The van der Waals surface area contributed by atoms with Crippen molar-refractivity contribution < 1.29 is 0 Å². The highest BCUT2D eigenvalue weighted by Gasteiger charge is 1.99. The lowest BCUT2D eigenvalue weighted by Crippen LogP contribution is -2.32. The molecule has 0 aromatic carbocycles. The number of rotatable bonds is 5. The summed E-state index contributed by atoms with van der Waals surface area (Å²) in [6.45, 7) is 7.56. The lowest BCUT2D eigenvalue weighted by molar-refractivity contribution is 0.474. The molecule has 0 spiro atoms. The molecule has 0 bridgehead atoms. The summed E-state index contributed by atoms with van der Waals surface area (Å²) in [7, 11) is 0. The Balaban J connectivity index is 2.50. The van der Waals surface area contributed by atoms with E-state index in [0.717, 1.165) is 18.7 Å². The van der Waals surface area contributed by atoms with Crippen molar-refractivity contribution in [2.45, 2.75) is 39.8 Å². The van der Waals surface area contributed by atoms with Crippen LogP contribution >= 0.6 is 0 Å². The van der Waals surface area contributed by atoms with Crippen LogP contribution in [0.4, 0.5) is 0 Å². The molecule has 15 heavy (non-hydrogen) atoms. The monoisotopic (exact) mass is 209 g/mol. The Kier molecular flexibility index (Phi) is 4.49. The zero-order valence-corrected chi connectivity index (χ0v) is 9.66. The highest BCUT2D eigenvalue weighted by atomic mass is 16.1. The summed E-state index contributed by atoms with van der Waals surface area (Å²) in [6, 6.07) is 3.79. The third-order valence-corrected chi connectivity index (χ3v) is 2.43. The molecule has 1 unspecified atom stereocenters. The number of aryl methyl sites for hydroxylation is 1. The Labute approximate surface area is 90.3 Å². The van der Waals surface area contributed by atoms with Crippen molar-refractivity contribution in [3.05, 3.63) is 28.2 Å². The first-order valence-corrected chi connectivity index (χ1v) is 5.41. The lowest BCUT2D eigenvalue weighted by Gasteiger charge is -2.11. The predicted molar refractivity (Wildman–Crippen MR) is 61.0 cm³/mol. The van der Waals surface area contributed by atoms with Gasteiger partial charge in [-0.25, -0.2) is 4.68 Å². The highest BCUT2D eigenvalue weighted by Crippen LogP contribution is 1.88. The molecule has 0 amide bonds. The Hall–Kier alpha value is -1.16. The first kappa shape index (κ1) is 11.9. The number of hydrogen-bond donors (Lipinski definition) is 1. The fourth-order valence-electron chi connectivity index (χ4n) is 1.27. The van der Waals surface area contributed by atoms with E-state index >= 15 is 0 Å². The normalized spacial score (nSPS) is 12.7. The minimum absolute atomic E-state index is 0.0356. The smallest absolute Gasteiger partial charge is 0.266 e. The molecule has 1 atom stereocenters. The van der Waals surface area contributed by atoms with Crippen molar-refractivity contribution >= 4 is 0 Å². The summed E-state index contributed by atoms with van der Waals surface area (Å²) < 4.78 is 1.50. The number of nitrogens with one attached hydrogen (secondary N) is 1. The summed E-state index contributed by atoms with van der Waals surface area (Å²) >= 11 is 0. The maximum Gasteiger partial charge on any atom is 0.266 e. The molecule has 0 fully saturated rings. The van der Waals surface area contributed by atoms with Crippen LogP contribution in [0.15, 0.2) is 16.9 Å². The highest BCUT2D eigenvalue weighted by molar-refractivity contribution is 4.96. The fraction of sp³-hybridized carbons (Fsp3) is 0.636. The summed E-state index contributed by atoms with van der Waals surface area (Å²) in [5.41, 5.74) is 0.838. The lowest BCUT2D eigenvalue weighted by atomic mass is 10.3. The minimum atomic E-state index is -0.0356. The predicted octanol–water partition coefficient (Wildman–Crippen LogP) is 0.940. The van der Waals surface area contributed by atoms with Gasteiger partial charge in [-0.2, -0.15) is 5.10 Å². The molecule has 4 heteroatoms. The Morgan fingerprint density at radius 1 is 1.53 bits per heavy atom. The van der Waals surface area contributed by atoms with E-state index in [-0.39, 0.29) is 5.56 Å². The molecule has 0 radical (unpaired) electrons. The molecule has 1 aromatic rings. The van der Waals surface area contributed by atoms with E-state index in [1.165, 1.54) is 4.68 Å². The van der Waals surface area contributed by atoms with Crippen LogP contribution in [0.3, 0.4) is 0 Å². The van der Waals surface area contributed by atoms with Gasteiger partial charge in [-0.15, -0.1) is 0 Å². The zero-order chi connectivity index (χ0) is 11.3. The molecular formula is C11H19N3O. The van der Waals surface area contributed by atoms with Gasteiger partial charge in [0, 0.05) is 18.7 Å². The van der Waals surface area contributed by atoms with Gasteiger partial charge >= 0.3 is 0 Å². The van der Waals surface area contributed by atoms with Crippen LogP contribution in [-0.2, 0) is 6.54 Å². The van der Waals surface area contributed by atoms with E-state index in [1.54, 1.807) is 12.1 Å². The summed E-state index contributed by atoms with van der Waals surface area (Å²) in [4.78, 5) is 11.4. The average molecular weight is 209 g/mol. The Morgan fingerprint density at radius 2 is 2.27 bits per heavy atom. The molecule has 1 heterocycles. The topological polar surface area (TPSA) is 46.9 Å². The first-order chi connectivity index (χ1) is 7.13. The van der Waals surface area contributed by atoms with E-state index in [9.17, 15) is 4.79 Å². The van der Waals surface area contributed by atoms with Crippen molar-refractivity contribution in [3.63, 3.8) is 0 Å². The van der Waals surface area contributed by atoms with Gasteiger partial charge in [-0.05, 0) is 26.3 Å². The maximum atomic E-state index is 11.4. The van der Waals surface area contributed by atoms with Crippen molar-refractivity contribution in [3.8, 4) is 0 Å². The van der Waals surface area contributed by atoms with E-state index in [0.29, 0.717) is 12.6 Å². The van der Waals surface area contributed by atoms with Crippen LogP contribution < -0.4 is 10.9 Å². The SMILES string of the molecule is CCC(C)NCCn1nc(C)ccc1=O. The van der Waals surface area contributed by atoms with Gasteiger partial charge in [0.25, 0.3) is 5.56 Å². The Morgan fingerprint density at radius 3 is 2.93 bits per heavy atom. The van der Waals surface area contributed by atoms with E-state index in [1.807, 2.05) is 6.92 Å². The van der Waals surface area contributed by atoms with Crippen LogP contribution in [0.5, 0.6) is 0 Å². The molecular weight excluding hydrogens is 190 g/mol. The third kappa shape index (κ3) is 3.83. The van der Waals surface area contributed by atoms with Crippen molar-refractivity contribution in [1.82, 2.24) is 15.1 Å². The zero-order valence-electron chi connectivity index (χ0n) is 9.66. The molecule has 1 aromatic heterocycles. The van der Waals surface area contributed by atoms with Crippen molar-refractivity contribution in [1.29, 1.82) is 0 Å². The fourth-order valence-corrected chi connectivity index (χ4v) is 1.27. The van der Waals surface area contributed by atoms with Gasteiger partial charge < -0.3 is 5.32 Å². The standard InChI is InChI=1S/C11H19N3O/c1-4-9(2)12-7-8-14-11(15)6-5-10(3)13-14/h5-6,9,12H,4,7-8H2,1-3H3. The summed E-state index contributed by atoms with van der Waals surface area (Å²) in [5, 5.41) is 7.49. The largest absolute Gasteiger partial charge is 0.312 e. The molecule has 4 nitrogen and oxygen atoms in total. The van der Waals surface area contributed by atoms with E-state index in [2.05, 4.69) is 24.3 Å². The van der Waals surface area contributed by atoms with Gasteiger partial charge in [-0.1, -0.05) is 6.92 Å². The van der Waals surface area contributed by atoms with Gasteiger partial charge in [0.15, 0.2) is 0 Å². The second-order valence-electron chi connectivity index (χ2n) is 3.80. The molecule has 0 aliphatic carbocycles. The molecule has 0 aliphatic rings. The van der Waals surface area contributed by atoms with Gasteiger partial charge in [0.1, 0.15) is 0 Å². The van der Waals surface area contributed by atoms with Crippen LogP contribution in [-0.4, -0.2) is 22.4 Å². The first-order valence-electron chi connectivity index (χ1n) is 5.41. The van der Waals surface area contributed by atoms with Crippen molar-refractivity contribution in [2.24, 2.45) is 0 Å². The van der Waals surface area contributed by atoms with Gasteiger partial charge in [0.05, 0.1) is 12.2 Å². The molecule has 1 rings (SSSR count). The quantitative estimate of drug-likeness (QED) is 0.785. The minimum Gasteiger partial charge on any atom is -0.312 e. The van der Waals surface area contributed by atoms with Crippen LogP contribution in [0.1, 0.15) is 26.0 Å². The molecule has 1 N–H and O–H groups in total. The van der Waals surface area contributed by atoms with Gasteiger partial charge in [-0.3, -0.25) is 4.79 Å². The number of aromatic nitrogens is 2. The molecule has 0 aliphatic heterocycles. The van der Waals surface area contributed by atoms with Crippen LogP contribution in [0, 0.1) is 6.92 Å². The average Bonchev–Trinajstić information content (AvgIpc) is 2.23. The number of nitrogens with zero attached hydrogens (tertiary/aromatic N) is 2. The Bertz CT molecular complexity index is 359. The molecule has 0 saturated heterocycles. The molecule has 0 saturated carbocycles. The second kappa shape index (κ2) is 5.66. The maximum absolute atomic E-state index is 11.4. The van der Waals surface area contributed by atoms with E-state index in [4.69, 9.17) is 0 Å². The van der Waals surface area contributed by atoms with Crippen LogP contribution in [0.25, 0.3) is 0 Å². The summed E-state index contributed by atoms with van der Waals surface area (Å²) in [6.07, 6.45) is 1.09. The van der Waals surface area contributed by atoms with Crippen molar-refractivity contribution in [2.75, 3.05) is 6.54 Å². The molecule has 84 valence electrons. The second-order valence-corrected chi connectivity index (χ2v) is 3.80. The van der Waals surface area contributed by atoms with Crippen LogP contribution in [0.2, 0.25) is 0 Å². The van der Waals surface area contributed by atoms with E-state index < -0.39 is 0 Å². The number of hydrogen-bond acceptors (Lipinski definition) is 3. The third-order valence-electron chi connectivity index (χ3n) is 2.43. The van der Waals surface area contributed by atoms with Gasteiger partial charge in [0.2, 0.25) is 0 Å². The summed E-state index contributed by atoms with van der Waals surface area (Å²) in [5.74, 6) is 0.